The molecule has 2 aromatic rings. The van der Waals surface area contributed by atoms with Crippen LogP contribution in [-0.2, 0) is 9.53 Å². The number of carbonyl (C=O) groups excluding carboxylic acids is 1. The first kappa shape index (κ1) is 23.6. The van der Waals surface area contributed by atoms with E-state index in [1.807, 2.05) is 6.07 Å². The summed E-state index contributed by atoms with van der Waals surface area (Å²) in [6.07, 6.45) is -0.256. The maximum absolute atomic E-state index is 12.0. The topological polar surface area (TPSA) is 142 Å². The first-order valence-electron chi connectivity index (χ1n) is 9.12. The van der Waals surface area contributed by atoms with E-state index in [4.69, 9.17) is 24.7 Å². The number of methoxy groups -OCH3 is 3. The Morgan fingerprint density at radius 2 is 1.68 bits per heavy atom. The van der Waals surface area contributed by atoms with Crippen LogP contribution in [0.3, 0.4) is 0 Å². The number of nitrogens with two attached hydrogens (primary N) is 1. The smallest absolute Gasteiger partial charge is 0.316 e. The number of benzene rings is 1. The van der Waals surface area contributed by atoms with Gasteiger partial charge < -0.3 is 18.9 Å². The summed E-state index contributed by atoms with van der Waals surface area (Å²) < 4.78 is 21.3. The second kappa shape index (κ2) is 10.4. The first-order valence-corrected chi connectivity index (χ1v) is 10.1. The Hall–Kier alpha value is -3.63. The van der Waals surface area contributed by atoms with Crippen molar-refractivity contribution in [3.63, 3.8) is 0 Å². The lowest BCUT2D eigenvalue weighted by Gasteiger charge is -2.16. The molecule has 0 radical (unpaired) electrons. The van der Waals surface area contributed by atoms with Crippen LogP contribution in [0.1, 0.15) is 25.0 Å². The average molecular weight is 444 g/mol. The van der Waals surface area contributed by atoms with Gasteiger partial charge in [-0.15, -0.1) is 0 Å². The van der Waals surface area contributed by atoms with Gasteiger partial charge in [-0.3, -0.25) is 10.5 Å². The number of rotatable bonds is 8. The number of hydrogen-bond donors (Lipinski definition) is 1. The lowest BCUT2D eigenvalue weighted by atomic mass is 9.96. The molecule has 0 fully saturated rings. The summed E-state index contributed by atoms with van der Waals surface area (Å²) in [5, 5.41) is 20.0. The molecule has 0 aliphatic heterocycles. The lowest BCUT2D eigenvalue weighted by Crippen LogP contribution is -2.20. The fourth-order valence-corrected chi connectivity index (χ4v) is 3.70. The molecule has 0 saturated carbocycles. The number of anilines is 1. The molecule has 31 heavy (non-hydrogen) atoms. The second-order valence-electron chi connectivity index (χ2n) is 6.46. The molecular formula is C21H23N4O5S+. The van der Waals surface area contributed by atoms with Crippen molar-refractivity contribution in [2.45, 2.75) is 25.0 Å². The molecule has 1 aromatic carbocycles. The fraction of sp³-hybridized carbons (Fsp3) is 0.333. The maximum atomic E-state index is 12.0. The van der Waals surface area contributed by atoms with Gasteiger partial charge in [0.05, 0.1) is 33.2 Å². The molecule has 0 aliphatic carbocycles. The molecule has 2 rings (SSSR count). The number of esters is 1. The monoisotopic (exact) mass is 443 g/mol. The number of nitrogens with zero attached hydrogens (tertiary/aromatic N) is 2. The van der Waals surface area contributed by atoms with Gasteiger partial charge in [-0.2, -0.15) is 10.5 Å². The summed E-state index contributed by atoms with van der Waals surface area (Å²) in [5.74, 6) is 0.659. The third-order valence-electron chi connectivity index (χ3n) is 4.12. The van der Waals surface area contributed by atoms with Gasteiger partial charge in [-0.05, 0) is 31.5 Å². The van der Waals surface area contributed by atoms with Gasteiger partial charge in [0.2, 0.25) is 5.75 Å². The summed E-state index contributed by atoms with van der Waals surface area (Å²) in [6, 6.07) is 7.40. The van der Waals surface area contributed by atoms with Crippen molar-refractivity contribution < 1.29 is 28.7 Å². The highest BCUT2D eigenvalue weighted by atomic mass is 32.2. The van der Waals surface area contributed by atoms with Crippen molar-refractivity contribution in [1.29, 1.82) is 10.5 Å². The molecule has 0 atom stereocenters. The molecule has 0 bridgehead atoms. The highest BCUT2D eigenvalue weighted by Gasteiger charge is 2.26. The van der Waals surface area contributed by atoms with E-state index in [-0.39, 0.29) is 28.8 Å². The summed E-state index contributed by atoms with van der Waals surface area (Å²) in [5.41, 5.74) is 7.07. The minimum Gasteiger partial charge on any atom is -0.493 e. The molecule has 0 spiro atoms. The molecule has 0 saturated heterocycles. The largest absolute Gasteiger partial charge is 0.493 e. The van der Waals surface area contributed by atoms with Crippen molar-refractivity contribution in [2.24, 2.45) is 0 Å². The standard InChI is InChI=1S/C21H22N4O5S/c1-11(2)30-17(26)10-31-21-14(9-23)18(13(8-22)20(24)25-21)12-6-15(27-3)19(29-5)16(7-12)28-4/h6-7,11H,10H2,1-5H3,(H2,24,25)/p+1. The van der Waals surface area contributed by atoms with Crippen LogP contribution in [0, 0.1) is 22.7 Å². The lowest BCUT2D eigenvalue weighted by molar-refractivity contribution is -0.410. The van der Waals surface area contributed by atoms with E-state index in [1.54, 1.807) is 26.0 Å². The number of nitriles is 2. The molecule has 3 N–H and O–H groups in total. The summed E-state index contributed by atoms with van der Waals surface area (Å²) >= 11 is 1.06. The zero-order valence-electron chi connectivity index (χ0n) is 17.9. The van der Waals surface area contributed by atoms with Crippen molar-refractivity contribution >= 4 is 23.5 Å². The van der Waals surface area contributed by atoms with Crippen LogP contribution in [0.4, 0.5) is 5.82 Å². The molecule has 162 valence electrons. The van der Waals surface area contributed by atoms with Gasteiger partial charge in [0, 0.05) is 5.56 Å². The zero-order valence-corrected chi connectivity index (χ0v) is 18.7. The number of hydrogen-bond acceptors (Lipinski definition) is 9. The summed E-state index contributed by atoms with van der Waals surface area (Å²) in [7, 11) is 4.40. The normalized spacial score (nSPS) is 10.2. The number of nitrogen functional groups attached to an aromatic ring is 1. The van der Waals surface area contributed by atoms with E-state index < -0.39 is 5.97 Å². The highest BCUT2D eigenvalue weighted by molar-refractivity contribution is 7.99. The Kier molecular flexibility index (Phi) is 7.94. The number of H-pyrrole nitrogens is 1. The van der Waals surface area contributed by atoms with Crippen LogP contribution in [0.5, 0.6) is 17.2 Å². The van der Waals surface area contributed by atoms with Crippen LogP contribution in [0.15, 0.2) is 17.2 Å². The van der Waals surface area contributed by atoms with Gasteiger partial charge in [-0.1, -0.05) is 11.8 Å². The van der Waals surface area contributed by atoms with Crippen LogP contribution in [0.25, 0.3) is 11.1 Å². The van der Waals surface area contributed by atoms with Crippen LogP contribution >= 0.6 is 11.8 Å². The second-order valence-corrected chi connectivity index (χ2v) is 7.44. The molecule has 9 nitrogen and oxygen atoms in total. The van der Waals surface area contributed by atoms with E-state index in [2.05, 4.69) is 11.1 Å². The molecular weight excluding hydrogens is 420 g/mol. The molecule has 1 heterocycles. The number of pyridine rings is 1. The van der Waals surface area contributed by atoms with Gasteiger partial charge in [0.25, 0.3) is 5.82 Å². The van der Waals surface area contributed by atoms with Gasteiger partial charge in [-0.25, -0.2) is 4.98 Å². The maximum Gasteiger partial charge on any atom is 0.316 e. The Bertz CT molecular complexity index is 1050. The van der Waals surface area contributed by atoms with E-state index in [9.17, 15) is 15.3 Å². The number of ether oxygens (including phenoxy) is 4. The number of thioether (sulfide) groups is 1. The molecule has 0 unspecified atom stereocenters. The van der Waals surface area contributed by atoms with Gasteiger partial charge in [0.15, 0.2) is 16.5 Å². The van der Waals surface area contributed by atoms with Crippen molar-refractivity contribution in [3.8, 4) is 40.5 Å². The molecule has 0 aliphatic rings. The Morgan fingerprint density at radius 3 is 2.13 bits per heavy atom. The highest BCUT2D eigenvalue weighted by Crippen LogP contribution is 2.43. The van der Waals surface area contributed by atoms with E-state index >= 15 is 0 Å². The summed E-state index contributed by atoms with van der Waals surface area (Å²) in [4.78, 5) is 14.8. The van der Waals surface area contributed by atoms with Crippen molar-refractivity contribution in [1.82, 2.24) is 0 Å². The fourth-order valence-electron chi connectivity index (χ4n) is 2.89. The zero-order chi connectivity index (χ0) is 23.1. The Balaban J connectivity index is 2.70. The van der Waals surface area contributed by atoms with Gasteiger partial charge >= 0.3 is 5.97 Å². The van der Waals surface area contributed by atoms with Gasteiger partial charge in [0.1, 0.15) is 23.3 Å². The first-order chi connectivity index (χ1) is 14.8. The number of nitrogens with one attached hydrogen (secondary N) is 1. The minimum absolute atomic E-state index is 0.0383. The van der Waals surface area contributed by atoms with Crippen LogP contribution in [0.2, 0.25) is 0 Å². The van der Waals surface area contributed by atoms with E-state index in [0.717, 1.165) is 11.8 Å². The third kappa shape index (κ3) is 5.11. The number of aromatic nitrogens is 1. The van der Waals surface area contributed by atoms with E-state index in [1.165, 1.54) is 21.3 Å². The summed E-state index contributed by atoms with van der Waals surface area (Å²) in [6.45, 7) is 3.50. The molecule has 0 amide bonds. The Morgan fingerprint density at radius 1 is 1.10 bits per heavy atom. The SMILES string of the molecule is COc1cc(-c2c(C#N)c(N)[nH+]c(SCC(=O)OC(C)C)c2C#N)cc(OC)c1OC. The minimum atomic E-state index is -0.436. The predicted molar refractivity (Wildman–Crippen MR) is 114 cm³/mol. The quantitative estimate of drug-likeness (QED) is 0.481. The van der Waals surface area contributed by atoms with Crippen LogP contribution in [-0.4, -0.2) is 39.2 Å². The van der Waals surface area contributed by atoms with Crippen molar-refractivity contribution in [2.75, 3.05) is 32.8 Å². The Labute approximate surface area is 184 Å². The number of aromatic amines is 1. The van der Waals surface area contributed by atoms with Crippen molar-refractivity contribution in [3.05, 3.63) is 23.3 Å². The molecule has 10 heteroatoms. The third-order valence-corrected chi connectivity index (χ3v) is 5.10. The van der Waals surface area contributed by atoms with Crippen LogP contribution < -0.4 is 24.9 Å². The number of carbonyl (C=O) groups is 1. The average Bonchev–Trinajstić information content (AvgIpc) is 2.75. The molecule has 1 aromatic heterocycles. The predicted octanol–water partition coefficient (Wildman–Crippen LogP) is 2.56. The van der Waals surface area contributed by atoms with E-state index in [0.29, 0.717) is 33.4 Å².